The predicted octanol–water partition coefficient (Wildman–Crippen LogP) is 4.94. The number of methoxy groups -OCH3 is 1. The summed E-state index contributed by atoms with van der Waals surface area (Å²) in [5, 5.41) is 4.86. The van der Waals surface area contributed by atoms with E-state index in [4.69, 9.17) is 14.5 Å². The zero-order valence-corrected chi connectivity index (χ0v) is 17.1. The van der Waals surface area contributed by atoms with Gasteiger partial charge in [0.05, 0.1) is 30.7 Å². The number of thioether (sulfide) groups is 1. The van der Waals surface area contributed by atoms with Crippen molar-refractivity contribution in [3.8, 4) is 11.5 Å². The number of para-hydroxylation sites is 2. The number of fused-ring (bicyclic) bond motifs is 1. The fourth-order valence-corrected chi connectivity index (χ4v) is 3.74. The first-order valence-electron chi connectivity index (χ1n) is 9.26. The minimum absolute atomic E-state index is 0.0910. The van der Waals surface area contributed by atoms with Crippen molar-refractivity contribution in [1.29, 1.82) is 0 Å². The molecule has 1 amide bonds. The maximum atomic E-state index is 12.5. The Balaban J connectivity index is 1.74. The zero-order chi connectivity index (χ0) is 19.9. The minimum atomic E-state index is -0.0910. The van der Waals surface area contributed by atoms with Crippen molar-refractivity contribution < 1.29 is 14.3 Å². The Morgan fingerprint density at radius 2 is 1.96 bits per heavy atom. The van der Waals surface area contributed by atoms with Crippen LogP contribution in [0.1, 0.15) is 19.4 Å². The van der Waals surface area contributed by atoms with E-state index in [2.05, 4.69) is 18.3 Å². The largest absolute Gasteiger partial charge is 0.497 e. The predicted molar refractivity (Wildman–Crippen MR) is 115 cm³/mol. The van der Waals surface area contributed by atoms with E-state index in [1.807, 2.05) is 49.4 Å². The lowest BCUT2D eigenvalue weighted by Crippen LogP contribution is -2.15. The highest BCUT2D eigenvalue weighted by Crippen LogP contribution is 2.28. The fraction of sp³-hybridized carbons (Fsp3) is 0.273. The van der Waals surface area contributed by atoms with E-state index >= 15 is 0 Å². The molecule has 3 aromatic rings. The maximum absolute atomic E-state index is 12.5. The molecule has 0 spiro atoms. The van der Waals surface area contributed by atoms with Crippen molar-refractivity contribution in [2.45, 2.75) is 25.3 Å². The SMILES string of the molecule is CCOc1ccccc1NC(=O)CSc1nc2cc(OC)ccc2cc1CC. The Hall–Kier alpha value is -2.73. The molecule has 0 bridgehead atoms. The van der Waals surface area contributed by atoms with Crippen LogP contribution in [0.2, 0.25) is 0 Å². The first-order valence-corrected chi connectivity index (χ1v) is 10.2. The molecule has 0 fully saturated rings. The summed E-state index contributed by atoms with van der Waals surface area (Å²) >= 11 is 1.44. The topological polar surface area (TPSA) is 60.5 Å². The molecular weight excluding hydrogens is 372 g/mol. The van der Waals surface area contributed by atoms with E-state index < -0.39 is 0 Å². The lowest BCUT2D eigenvalue weighted by molar-refractivity contribution is -0.113. The molecule has 2 aromatic carbocycles. The number of aromatic nitrogens is 1. The number of benzene rings is 2. The number of pyridine rings is 1. The van der Waals surface area contributed by atoms with Gasteiger partial charge in [-0.3, -0.25) is 4.79 Å². The molecule has 0 aliphatic heterocycles. The van der Waals surface area contributed by atoms with E-state index in [-0.39, 0.29) is 11.7 Å². The number of carbonyl (C=O) groups excluding carboxylic acids is 1. The number of ether oxygens (including phenoxy) is 2. The van der Waals surface area contributed by atoms with Gasteiger partial charge in [0, 0.05) is 11.5 Å². The molecule has 146 valence electrons. The second-order valence-electron chi connectivity index (χ2n) is 6.13. The second-order valence-corrected chi connectivity index (χ2v) is 7.09. The van der Waals surface area contributed by atoms with Gasteiger partial charge in [-0.15, -0.1) is 0 Å². The minimum Gasteiger partial charge on any atom is -0.497 e. The molecule has 28 heavy (non-hydrogen) atoms. The number of rotatable bonds is 8. The number of carbonyl (C=O) groups is 1. The van der Waals surface area contributed by atoms with Gasteiger partial charge in [-0.05, 0) is 49.2 Å². The Morgan fingerprint density at radius 1 is 1.14 bits per heavy atom. The summed E-state index contributed by atoms with van der Waals surface area (Å²) in [7, 11) is 1.64. The van der Waals surface area contributed by atoms with Crippen LogP contribution < -0.4 is 14.8 Å². The van der Waals surface area contributed by atoms with E-state index in [1.165, 1.54) is 11.8 Å². The Bertz CT molecular complexity index is 975. The monoisotopic (exact) mass is 396 g/mol. The Morgan fingerprint density at radius 3 is 2.71 bits per heavy atom. The van der Waals surface area contributed by atoms with E-state index in [1.54, 1.807) is 7.11 Å². The number of aryl methyl sites for hydroxylation is 1. The zero-order valence-electron chi connectivity index (χ0n) is 16.3. The first-order chi connectivity index (χ1) is 13.6. The number of amides is 1. The van der Waals surface area contributed by atoms with Crippen LogP contribution >= 0.6 is 11.8 Å². The van der Waals surface area contributed by atoms with Gasteiger partial charge >= 0.3 is 0 Å². The summed E-state index contributed by atoms with van der Waals surface area (Å²) in [5.74, 6) is 1.63. The number of hydrogen-bond acceptors (Lipinski definition) is 5. The average Bonchev–Trinajstić information content (AvgIpc) is 2.72. The van der Waals surface area contributed by atoms with Gasteiger partial charge in [0.15, 0.2) is 0 Å². The molecule has 0 aliphatic carbocycles. The molecule has 1 heterocycles. The molecule has 0 saturated carbocycles. The standard InChI is InChI=1S/C22H24N2O3S/c1-4-15-12-16-10-11-17(26-3)13-19(16)24-22(15)28-14-21(25)23-18-8-6-7-9-20(18)27-5-2/h6-13H,4-5,14H2,1-3H3,(H,23,25). The fourth-order valence-electron chi connectivity index (χ4n) is 2.85. The summed E-state index contributed by atoms with van der Waals surface area (Å²) in [6.07, 6.45) is 0.853. The second kappa shape index (κ2) is 9.46. The van der Waals surface area contributed by atoms with Crippen molar-refractivity contribution in [3.63, 3.8) is 0 Å². The molecule has 1 N–H and O–H groups in total. The average molecular weight is 397 g/mol. The number of nitrogens with one attached hydrogen (secondary N) is 1. The third-order valence-corrected chi connectivity index (χ3v) is 5.28. The van der Waals surface area contributed by atoms with Crippen LogP contribution in [-0.2, 0) is 11.2 Å². The number of anilines is 1. The van der Waals surface area contributed by atoms with Crippen LogP contribution in [0, 0.1) is 0 Å². The van der Waals surface area contributed by atoms with E-state index in [0.29, 0.717) is 18.0 Å². The van der Waals surface area contributed by atoms with E-state index in [9.17, 15) is 4.79 Å². The van der Waals surface area contributed by atoms with Crippen molar-refractivity contribution in [2.75, 3.05) is 24.8 Å². The summed E-state index contributed by atoms with van der Waals surface area (Å²) < 4.78 is 10.9. The smallest absolute Gasteiger partial charge is 0.234 e. The Kier molecular flexibility index (Phi) is 6.76. The van der Waals surface area contributed by atoms with Gasteiger partial charge in [-0.1, -0.05) is 30.8 Å². The molecule has 0 radical (unpaired) electrons. The van der Waals surface area contributed by atoms with Gasteiger partial charge in [-0.25, -0.2) is 4.98 Å². The maximum Gasteiger partial charge on any atom is 0.234 e. The van der Waals surface area contributed by atoms with Crippen molar-refractivity contribution in [3.05, 3.63) is 54.1 Å². The number of nitrogens with zero attached hydrogens (tertiary/aromatic N) is 1. The normalized spacial score (nSPS) is 10.7. The van der Waals surface area contributed by atoms with Crippen molar-refractivity contribution >= 4 is 34.3 Å². The van der Waals surface area contributed by atoms with Crippen LogP contribution in [0.3, 0.4) is 0 Å². The molecule has 1 aromatic heterocycles. The quantitative estimate of drug-likeness (QED) is 0.547. The van der Waals surface area contributed by atoms with E-state index in [0.717, 1.165) is 33.7 Å². The van der Waals surface area contributed by atoms with Gasteiger partial charge in [0.2, 0.25) is 5.91 Å². The third kappa shape index (κ3) is 4.75. The molecular formula is C22H24N2O3S. The molecule has 3 rings (SSSR count). The molecule has 0 saturated heterocycles. The van der Waals surface area contributed by atoms with Crippen LogP contribution in [0.4, 0.5) is 5.69 Å². The van der Waals surface area contributed by atoms with Gasteiger partial charge in [0.25, 0.3) is 0 Å². The molecule has 0 aliphatic rings. The van der Waals surface area contributed by atoms with Crippen LogP contribution in [0.5, 0.6) is 11.5 Å². The van der Waals surface area contributed by atoms with Crippen LogP contribution in [0.15, 0.2) is 53.6 Å². The summed E-state index contributed by atoms with van der Waals surface area (Å²) in [6, 6.07) is 15.4. The third-order valence-electron chi connectivity index (χ3n) is 4.25. The van der Waals surface area contributed by atoms with Crippen LogP contribution in [0.25, 0.3) is 10.9 Å². The van der Waals surface area contributed by atoms with Gasteiger partial charge in [-0.2, -0.15) is 0 Å². The molecule has 0 unspecified atom stereocenters. The van der Waals surface area contributed by atoms with Crippen molar-refractivity contribution in [2.24, 2.45) is 0 Å². The summed E-state index contributed by atoms with van der Waals surface area (Å²) in [4.78, 5) is 17.2. The van der Waals surface area contributed by atoms with Crippen molar-refractivity contribution in [1.82, 2.24) is 4.98 Å². The number of hydrogen-bond donors (Lipinski definition) is 1. The lowest BCUT2D eigenvalue weighted by atomic mass is 10.1. The molecule has 6 heteroatoms. The highest BCUT2D eigenvalue weighted by molar-refractivity contribution is 8.00. The first kappa shape index (κ1) is 20.0. The van der Waals surface area contributed by atoms with Gasteiger partial charge < -0.3 is 14.8 Å². The summed E-state index contributed by atoms with van der Waals surface area (Å²) in [6.45, 7) is 4.56. The molecule has 5 nitrogen and oxygen atoms in total. The summed E-state index contributed by atoms with van der Waals surface area (Å²) in [5.41, 5.74) is 2.67. The lowest BCUT2D eigenvalue weighted by Gasteiger charge is -2.12. The Labute approximate surface area is 169 Å². The highest BCUT2D eigenvalue weighted by Gasteiger charge is 2.12. The van der Waals surface area contributed by atoms with Crippen LogP contribution in [-0.4, -0.2) is 30.4 Å². The highest BCUT2D eigenvalue weighted by atomic mass is 32.2. The van der Waals surface area contributed by atoms with Gasteiger partial charge in [0.1, 0.15) is 16.5 Å². The molecule has 0 atom stereocenters.